The van der Waals surface area contributed by atoms with Crippen molar-refractivity contribution >= 4 is 28.7 Å². The molecular weight excluding hydrogens is 290 g/mol. The smallest absolute Gasteiger partial charge is 0.323 e. The van der Waals surface area contributed by atoms with Crippen molar-refractivity contribution in [2.24, 2.45) is 0 Å². The van der Waals surface area contributed by atoms with Crippen molar-refractivity contribution in [2.75, 3.05) is 0 Å². The Balaban J connectivity index is 2.25. The fourth-order valence-corrected chi connectivity index (χ4v) is 2.33. The second kappa shape index (κ2) is 5.18. The number of carbonyl (C=O) groups is 1. The molecule has 0 spiro atoms. The maximum Gasteiger partial charge on any atom is 0.323 e. The topological polar surface area (TPSA) is 68.0 Å². The van der Waals surface area contributed by atoms with Crippen molar-refractivity contribution in [3.63, 3.8) is 0 Å². The molecule has 0 radical (unpaired) electrons. The minimum atomic E-state index is -0.954. The average molecular weight is 302 g/mol. The van der Waals surface area contributed by atoms with E-state index < -0.39 is 5.97 Å². The number of carboxylic acids is 1. The lowest BCUT2D eigenvalue weighted by atomic mass is 10.1. The molecule has 3 aromatic rings. The fourth-order valence-electron chi connectivity index (χ4n) is 2.19. The first-order chi connectivity index (χ1) is 10.0. The first-order valence-corrected chi connectivity index (χ1v) is 6.74. The zero-order valence-corrected chi connectivity index (χ0v) is 12.0. The summed E-state index contributed by atoms with van der Waals surface area (Å²) >= 11 is 5.90. The molecule has 0 saturated heterocycles. The molecule has 0 aliphatic carbocycles. The van der Waals surface area contributed by atoms with Gasteiger partial charge in [0.05, 0.1) is 0 Å². The van der Waals surface area contributed by atoms with Crippen LogP contribution in [-0.4, -0.2) is 25.6 Å². The van der Waals surface area contributed by atoms with Crippen LogP contribution in [-0.2, 0) is 11.3 Å². The zero-order valence-electron chi connectivity index (χ0n) is 11.2. The molecule has 0 unspecified atom stereocenters. The number of pyridine rings is 1. The second-order valence-corrected chi connectivity index (χ2v) is 5.15. The molecule has 2 aromatic heterocycles. The van der Waals surface area contributed by atoms with Crippen LogP contribution in [0.5, 0.6) is 0 Å². The molecule has 0 amide bonds. The molecule has 1 N–H and O–H groups in total. The molecule has 0 saturated carbocycles. The number of fused-ring (bicyclic) bond motifs is 1. The van der Waals surface area contributed by atoms with E-state index in [9.17, 15) is 4.79 Å². The highest BCUT2D eigenvalue weighted by molar-refractivity contribution is 6.29. The van der Waals surface area contributed by atoms with E-state index in [1.165, 1.54) is 0 Å². The Kier molecular flexibility index (Phi) is 3.35. The third-order valence-corrected chi connectivity index (χ3v) is 3.37. The van der Waals surface area contributed by atoms with E-state index in [-0.39, 0.29) is 6.54 Å². The largest absolute Gasteiger partial charge is 0.480 e. The molecule has 1 aromatic carbocycles. The first-order valence-electron chi connectivity index (χ1n) is 6.36. The number of halogens is 1. The normalized spacial score (nSPS) is 11.0. The summed E-state index contributed by atoms with van der Waals surface area (Å²) in [6, 6.07) is 11.1. The number of hydrogen-bond donors (Lipinski definition) is 1. The Morgan fingerprint density at radius 1 is 1.19 bits per heavy atom. The molecule has 5 nitrogen and oxygen atoms in total. The van der Waals surface area contributed by atoms with Crippen molar-refractivity contribution in [1.82, 2.24) is 14.5 Å². The van der Waals surface area contributed by atoms with Gasteiger partial charge in [-0.05, 0) is 19.1 Å². The molecule has 0 aliphatic heterocycles. The van der Waals surface area contributed by atoms with Gasteiger partial charge in [0.1, 0.15) is 23.0 Å². The molecule has 106 valence electrons. The van der Waals surface area contributed by atoms with Gasteiger partial charge in [-0.25, -0.2) is 9.97 Å². The van der Waals surface area contributed by atoms with E-state index in [2.05, 4.69) is 9.97 Å². The molecule has 0 atom stereocenters. The highest BCUT2D eigenvalue weighted by atomic mass is 35.5. The SMILES string of the molecule is Cc1ccc(-c2nc3ccc(Cl)nc3n2CC(=O)O)cc1. The van der Waals surface area contributed by atoms with Crippen LogP contribution in [0.2, 0.25) is 5.15 Å². The van der Waals surface area contributed by atoms with Gasteiger partial charge in [0, 0.05) is 5.56 Å². The third-order valence-electron chi connectivity index (χ3n) is 3.16. The number of rotatable bonds is 3. The average Bonchev–Trinajstić information content (AvgIpc) is 2.77. The lowest BCUT2D eigenvalue weighted by Gasteiger charge is -2.06. The number of nitrogens with zero attached hydrogens (tertiary/aromatic N) is 3. The van der Waals surface area contributed by atoms with Crippen LogP contribution in [0.25, 0.3) is 22.6 Å². The number of benzene rings is 1. The van der Waals surface area contributed by atoms with Gasteiger partial charge in [-0.3, -0.25) is 9.36 Å². The summed E-state index contributed by atoms with van der Waals surface area (Å²) < 4.78 is 1.56. The standard InChI is InChI=1S/C15H12ClN3O2/c1-9-2-4-10(5-3-9)14-17-11-6-7-12(16)18-15(11)19(14)8-13(20)21/h2-7H,8H2,1H3,(H,20,21). The van der Waals surface area contributed by atoms with Crippen LogP contribution < -0.4 is 0 Å². The van der Waals surface area contributed by atoms with Crippen LogP contribution in [0.4, 0.5) is 0 Å². The predicted molar refractivity (Wildman–Crippen MR) is 80.3 cm³/mol. The number of aromatic nitrogens is 3. The molecule has 2 heterocycles. The van der Waals surface area contributed by atoms with Gasteiger partial charge in [-0.1, -0.05) is 41.4 Å². The summed E-state index contributed by atoms with van der Waals surface area (Å²) in [5.74, 6) is -0.383. The van der Waals surface area contributed by atoms with E-state index >= 15 is 0 Å². The van der Waals surface area contributed by atoms with Crippen LogP contribution >= 0.6 is 11.6 Å². The van der Waals surface area contributed by atoms with Crippen molar-refractivity contribution in [2.45, 2.75) is 13.5 Å². The maximum absolute atomic E-state index is 11.1. The van der Waals surface area contributed by atoms with Crippen molar-refractivity contribution in [3.05, 3.63) is 47.1 Å². The van der Waals surface area contributed by atoms with Gasteiger partial charge >= 0.3 is 5.97 Å². The molecular formula is C15H12ClN3O2. The predicted octanol–water partition coefficient (Wildman–Crippen LogP) is 3.14. The van der Waals surface area contributed by atoms with Crippen LogP contribution in [0.15, 0.2) is 36.4 Å². The molecule has 0 aliphatic rings. The molecule has 3 rings (SSSR count). The minimum absolute atomic E-state index is 0.215. The Labute approximate surface area is 125 Å². The lowest BCUT2D eigenvalue weighted by Crippen LogP contribution is -2.10. The lowest BCUT2D eigenvalue weighted by molar-refractivity contribution is -0.137. The number of hydrogen-bond acceptors (Lipinski definition) is 3. The van der Waals surface area contributed by atoms with Gasteiger partial charge in [-0.15, -0.1) is 0 Å². The van der Waals surface area contributed by atoms with E-state index in [1.54, 1.807) is 16.7 Å². The summed E-state index contributed by atoms with van der Waals surface area (Å²) in [5, 5.41) is 9.43. The first kappa shape index (κ1) is 13.6. The molecule has 6 heteroatoms. The monoisotopic (exact) mass is 301 g/mol. The van der Waals surface area contributed by atoms with Crippen molar-refractivity contribution in [1.29, 1.82) is 0 Å². The van der Waals surface area contributed by atoms with Gasteiger partial charge in [-0.2, -0.15) is 0 Å². The van der Waals surface area contributed by atoms with Crippen LogP contribution in [0.1, 0.15) is 5.56 Å². The number of aliphatic carboxylic acids is 1. The number of imidazole rings is 1. The van der Waals surface area contributed by atoms with E-state index in [4.69, 9.17) is 16.7 Å². The quantitative estimate of drug-likeness (QED) is 0.755. The van der Waals surface area contributed by atoms with Crippen LogP contribution in [0, 0.1) is 6.92 Å². The summed E-state index contributed by atoms with van der Waals surface area (Å²) in [6.07, 6.45) is 0. The highest BCUT2D eigenvalue weighted by Crippen LogP contribution is 2.25. The van der Waals surface area contributed by atoms with Crippen molar-refractivity contribution in [3.8, 4) is 11.4 Å². The Morgan fingerprint density at radius 2 is 1.90 bits per heavy atom. The number of aryl methyl sites for hydroxylation is 1. The van der Waals surface area contributed by atoms with E-state index in [1.807, 2.05) is 31.2 Å². The Hall–Kier alpha value is -2.40. The maximum atomic E-state index is 11.1. The summed E-state index contributed by atoms with van der Waals surface area (Å²) in [7, 11) is 0. The molecule has 0 fully saturated rings. The minimum Gasteiger partial charge on any atom is -0.480 e. The summed E-state index contributed by atoms with van der Waals surface area (Å²) in [5.41, 5.74) is 3.06. The second-order valence-electron chi connectivity index (χ2n) is 4.76. The van der Waals surface area contributed by atoms with E-state index in [0.29, 0.717) is 22.1 Å². The summed E-state index contributed by atoms with van der Waals surface area (Å²) in [4.78, 5) is 19.8. The number of carboxylic acid groups (broad SMARTS) is 1. The van der Waals surface area contributed by atoms with Gasteiger partial charge in [0.25, 0.3) is 0 Å². The van der Waals surface area contributed by atoms with Crippen LogP contribution in [0.3, 0.4) is 0 Å². The van der Waals surface area contributed by atoms with Gasteiger partial charge in [0.2, 0.25) is 0 Å². The highest BCUT2D eigenvalue weighted by Gasteiger charge is 2.16. The molecule has 21 heavy (non-hydrogen) atoms. The van der Waals surface area contributed by atoms with Crippen molar-refractivity contribution < 1.29 is 9.90 Å². The summed E-state index contributed by atoms with van der Waals surface area (Å²) in [6.45, 7) is 1.78. The fraction of sp³-hybridized carbons (Fsp3) is 0.133. The Morgan fingerprint density at radius 3 is 2.57 bits per heavy atom. The van der Waals surface area contributed by atoms with Gasteiger partial charge < -0.3 is 5.11 Å². The Bertz CT molecular complexity index is 825. The third kappa shape index (κ3) is 2.60. The molecule has 0 bridgehead atoms. The van der Waals surface area contributed by atoms with Gasteiger partial charge in [0.15, 0.2) is 5.65 Å². The van der Waals surface area contributed by atoms with E-state index in [0.717, 1.165) is 11.1 Å². The zero-order chi connectivity index (χ0) is 15.0.